The van der Waals surface area contributed by atoms with Crippen molar-refractivity contribution in [1.29, 1.82) is 0 Å². The van der Waals surface area contributed by atoms with Crippen molar-refractivity contribution in [2.45, 2.75) is 63.5 Å². The Bertz CT molecular complexity index is 816. The Hall–Kier alpha value is -2.64. The lowest BCUT2D eigenvalue weighted by Gasteiger charge is -2.33. The van der Waals surface area contributed by atoms with Gasteiger partial charge >= 0.3 is 0 Å². The SMILES string of the molecule is CN(C(=O)c1cn[nH]c1C1CCN(C(=O)Cn2cccn2)CC1)C1CCCCC1. The van der Waals surface area contributed by atoms with E-state index in [1.807, 2.05) is 22.9 Å². The maximum absolute atomic E-state index is 13.1. The van der Waals surface area contributed by atoms with Gasteiger partial charge in [0.15, 0.2) is 0 Å². The van der Waals surface area contributed by atoms with E-state index in [4.69, 9.17) is 0 Å². The van der Waals surface area contributed by atoms with E-state index < -0.39 is 0 Å². The number of piperidine rings is 1. The van der Waals surface area contributed by atoms with Crippen LogP contribution in [0.2, 0.25) is 0 Å². The van der Waals surface area contributed by atoms with Crippen molar-refractivity contribution in [2.75, 3.05) is 20.1 Å². The molecule has 2 aliphatic rings. The number of rotatable bonds is 5. The summed E-state index contributed by atoms with van der Waals surface area (Å²) in [6.07, 6.45) is 12.7. The molecule has 0 radical (unpaired) electrons. The van der Waals surface area contributed by atoms with Crippen molar-refractivity contribution in [1.82, 2.24) is 29.8 Å². The predicted octanol–water partition coefficient (Wildman–Crippen LogP) is 2.42. The van der Waals surface area contributed by atoms with Crippen LogP contribution in [0.5, 0.6) is 0 Å². The van der Waals surface area contributed by atoms with Gasteiger partial charge in [-0.3, -0.25) is 19.4 Å². The number of aromatic nitrogens is 4. The van der Waals surface area contributed by atoms with Crippen molar-refractivity contribution in [3.05, 3.63) is 35.9 Å². The molecule has 29 heavy (non-hydrogen) atoms. The quantitative estimate of drug-likeness (QED) is 0.838. The fourth-order valence-electron chi connectivity index (χ4n) is 4.65. The lowest BCUT2D eigenvalue weighted by Crippen LogP contribution is -2.41. The monoisotopic (exact) mass is 398 g/mol. The Morgan fingerprint density at radius 3 is 2.62 bits per heavy atom. The number of amides is 2. The first kappa shape index (κ1) is 19.7. The van der Waals surface area contributed by atoms with E-state index in [1.165, 1.54) is 19.3 Å². The standard InChI is InChI=1S/C21H30N6O2/c1-25(17-6-3-2-4-7-17)21(29)18-14-22-24-20(18)16-8-12-26(13-9-16)19(28)15-27-11-5-10-23-27/h5,10-11,14,16-17H,2-4,6-9,12-13,15H2,1H3,(H,22,24). The predicted molar refractivity (Wildman–Crippen MR) is 108 cm³/mol. The van der Waals surface area contributed by atoms with Gasteiger partial charge in [-0.1, -0.05) is 19.3 Å². The smallest absolute Gasteiger partial charge is 0.257 e. The summed E-state index contributed by atoms with van der Waals surface area (Å²) in [4.78, 5) is 29.4. The zero-order valence-electron chi connectivity index (χ0n) is 17.1. The lowest BCUT2D eigenvalue weighted by molar-refractivity contribution is -0.133. The van der Waals surface area contributed by atoms with Crippen LogP contribution in [0.1, 0.15) is 66.9 Å². The van der Waals surface area contributed by atoms with Crippen LogP contribution in [0.25, 0.3) is 0 Å². The number of carbonyl (C=O) groups is 2. The Morgan fingerprint density at radius 1 is 1.17 bits per heavy atom. The maximum atomic E-state index is 13.1. The molecule has 2 amide bonds. The molecule has 1 saturated carbocycles. The van der Waals surface area contributed by atoms with Crippen LogP contribution in [0.3, 0.4) is 0 Å². The molecule has 8 heteroatoms. The molecule has 2 aromatic heterocycles. The molecule has 0 bridgehead atoms. The van der Waals surface area contributed by atoms with E-state index >= 15 is 0 Å². The van der Waals surface area contributed by atoms with Crippen molar-refractivity contribution in [3.63, 3.8) is 0 Å². The highest BCUT2D eigenvalue weighted by molar-refractivity contribution is 5.95. The van der Waals surface area contributed by atoms with Crippen LogP contribution in [0.4, 0.5) is 0 Å². The molecule has 1 N–H and O–H groups in total. The highest BCUT2D eigenvalue weighted by Gasteiger charge is 2.30. The second kappa shape index (κ2) is 8.80. The maximum Gasteiger partial charge on any atom is 0.257 e. The van der Waals surface area contributed by atoms with Crippen LogP contribution >= 0.6 is 0 Å². The molecule has 3 heterocycles. The largest absolute Gasteiger partial charge is 0.341 e. The van der Waals surface area contributed by atoms with Gasteiger partial charge in [0, 0.05) is 44.5 Å². The number of H-pyrrole nitrogens is 1. The highest BCUT2D eigenvalue weighted by atomic mass is 16.2. The van der Waals surface area contributed by atoms with Gasteiger partial charge < -0.3 is 9.80 Å². The van der Waals surface area contributed by atoms with Gasteiger partial charge in [-0.2, -0.15) is 10.2 Å². The number of nitrogens with zero attached hydrogens (tertiary/aromatic N) is 5. The first-order valence-electron chi connectivity index (χ1n) is 10.7. The normalized spacial score (nSPS) is 18.7. The summed E-state index contributed by atoms with van der Waals surface area (Å²) in [6, 6.07) is 2.15. The average Bonchev–Trinajstić information content (AvgIpc) is 3.45. The minimum Gasteiger partial charge on any atom is -0.341 e. The van der Waals surface area contributed by atoms with E-state index in [1.54, 1.807) is 23.3 Å². The fraction of sp³-hybridized carbons (Fsp3) is 0.619. The van der Waals surface area contributed by atoms with Gasteiger partial charge in [0.05, 0.1) is 17.5 Å². The van der Waals surface area contributed by atoms with Gasteiger partial charge in [-0.25, -0.2) is 0 Å². The van der Waals surface area contributed by atoms with Gasteiger partial charge in [-0.15, -0.1) is 0 Å². The van der Waals surface area contributed by atoms with E-state index in [0.29, 0.717) is 24.7 Å². The molecule has 0 atom stereocenters. The Balaban J connectivity index is 1.36. The average molecular weight is 399 g/mol. The molecular formula is C21H30N6O2. The molecule has 156 valence electrons. The van der Waals surface area contributed by atoms with E-state index in [2.05, 4.69) is 15.3 Å². The summed E-state index contributed by atoms with van der Waals surface area (Å²) in [5, 5.41) is 11.4. The van der Waals surface area contributed by atoms with Crippen molar-refractivity contribution < 1.29 is 9.59 Å². The zero-order valence-corrected chi connectivity index (χ0v) is 17.1. The summed E-state index contributed by atoms with van der Waals surface area (Å²) in [7, 11) is 1.92. The molecule has 8 nitrogen and oxygen atoms in total. The summed E-state index contributed by atoms with van der Waals surface area (Å²) in [6.45, 7) is 1.66. The lowest BCUT2D eigenvalue weighted by atomic mass is 9.90. The number of likely N-dealkylation sites (tertiary alicyclic amines) is 1. The third-order valence-electron chi connectivity index (χ3n) is 6.45. The van der Waals surface area contributed by atoms with Gasteiger partial charge in [0.1, 0.15) is 6.54 Å². The van der Waals surface area contributed by atoms with E-state index in [-0.39, 0.29) is 24.3 Å². The second-order valence-electron chi connectivity index (χ2n) is 8.26. The first-order valence-corrected chi connectivity index (χ1v) is 10.7. The number of nitrogens with one attached hydrogen (secondary N) is 1. The first-order chi connectivity index (χ1) is 14.1. The third-order valence-corrected chi connectivity index (χ3v) is 6.45. The third kappa shape index (κ3) is 4.36. The van der Waals surface area contributed by atoms with Crippen LogP contribution in [-0.4, -0.2) is 67.8 Å². The summed E-state index contributed by atoms with van der Waals surface area (Å²) in [5.41, 5.74) is 1.62. The minimum absolute atomic E-state index is 0.0674. The molecule has 1 aliphatic carbocycles. The second-order valence-corrected chi connectivity index (χ2v) is 8.26. The Kier molecular flexibility index (Phi) is 5.97. The van der Waals surface area contributed by atoms with Crippen LogP contribution in [0, 0.1) is 0 Å². The molecule has 1 aliphatic heterocycles. The van der Waals surface area contributed by atoms with E-state index in [9.17, 15) is 9.59 Å². The van der Waals surface area contributed by atoms with Crippen molar-refractivity contribution in [2.24, 2.45) is 0 Å². The molecule has 0 spiro atoms. The zero-order chi connectivity index (χ0) is 20.2. The van der Waals surface area contributed by atoms with Crippen molar-refractivity contribution >= 4 is 11.8 Å². The van der Waals surface area contributed by atoms with Crippen LogP contribution < -0.4 is 0 Å². The minimum atomic E-state index is 0.0674. The Labute approximate surface area is 171 Å². The Morgan fingerprint density at radius 2 is 1.93 bits per heavy atom. The molecule has 0 aromatic carbocycles. The number of hydrogen-bond donors (Lipinski definition) is 1. The number of carbonyl (C=O) groups excluding carboxylic acids is 2. The molecule has 2 fully saturated rings. The molecule has 4 rings (SSSR count). The molecular weight excluding hydrogens is 368 g/mol. The molecule has 2 aromatic rings. The number of hydrogen-bond acceptors (Lipinski definition) is 4. The van der Waals surface area contributed by atoms with Gasteiger partial charge in [0.25, 0.3) is 5.91 Å². The summed E-state index contributed by atoms with van der Waals surface area (Å²) < 4.78 is 1.65. The highest BCUT2D eigenvalue weighted by Crippen LogP contribution is 2.30. The number of aromatic amines is 1. The van der Waals surface area contributed by atoms with Crippen LogP contribution in [0.15, 0.2) is 24.7 Å². The molecule has 0 unspecified atom stereocenters. The van der Waals surface area contributed by atoms with Gasteiger partial charge in [0.2, 0.25) is 5.91 Å². The summed E-state index contributed by atoms with van der Waals surface area (Å²) >= 11 is 0. The van der Waals surface area contributed by atoms with Crippen LogP contribution in [-0.2, 0) is 11.3 Å². The summed E-state index contributed by atoms with van der Waals surface area (Å²) in [5.74, 6) is 0.382. The van der Waals surface area contributed by atoms with Crippen molar-refractivity contribution in [3.8, 4) is 0 Å². The molecule has 1 saturated heterocycles. The van der Waals surface area contributed by atoms with E-state index in [0.717, 1.165) is 31.4 Å². The topological polar surface area (TPSA) is 87.1 Å². The fourth-order valence-corrected chi connectivity index (χ4v) is 4.65. The van der Waals surface area contributed by atoms with Gasteiger partial charge in [-0.05, 0) is 31.7 Å².